The molecule has 1 amide bonds. The lowest BCUT2D eigenvalue weighted by molar-refractivity contribution is 0.0933. The van der Waals surface area contributed by atoms with Crippen LogP contribution in [0.15, 0.2) is 48.5 Å². The summed E-state index contributed by atoms with van der Waals surface area (Å²) in [6, 6.07) is 15.0. The average Bonchev–Trinajstić information content (AvgIpc) is 2.95. The SMILES string of the molecule is COc1ccc2c(c1)CC(CNC(=O)c1ccccc1)O2. The molecule has 4 heteroatoms. The second kappa shape index (κ2) is 5.87. The van der Waals surface area contributed by atoms with Gasteiger partial charge in [-0.15, -0.1) is 0 Å². The number of hydrogen-bond donors (Lipinski definition) is 1. The fourth-order valence-corrected chi connectivity index (χ4v) is 2.44. The zero-order valence-corrected chi connectivity index (χ0v) is 11.8. The minimum absolute atomic E-state index is 0.0280. The summed E-state index contributed by atoms with van der Waals surface area (Å²) >= 11 is 0. The summed E-state index contributed by atoms with van der Waals surface area (Å²) in [5.74, 6) is 1.62. The average molecular weight is 283 g/mol. The molecule has 3 rings (SSSR count). The molecule has 0 spiro atoms. The first-order valence-electron chi connectivity index (χ1n) is 6.93. The number of fused-ring (bicyclic) bond motifs is 1. The standard InChI is InChI=1S/C17H17NO3/c1-20-14-7-8-16-13(9-14)10-15(21-16)11-18-17(19)12-5-3-2-4-6-12/h2-9,15H,10-11H2,1H3,(H,18,19). The fraction of sp³-hybridized carbons (Fsp3) is 0.235. The van der Waals surface area contributed by atoms with Gasteiger partial charge < -0.3 is 14.8 Å². The van der Waals surface area contributed by atoms with Crippen LogP contribution in [0.5, 0.6) is 11.5 Å². The summed E-state index contributed by atoms with van der Waals surface area (Å²) < 4.78 is 11.0. The normalized spacial score (nSPS) is 16.0. The van der Waals surface area contributed by atoms with Crippen molar-refractivity contribution in [1.29, 1.82) is 0 Å². The Bertz CT molecular complexity index is 640. The van der Waals surface area contributed by atoms with Gasteiger partial charge in [0, 0.05) is 17.5 Å². The van der Waals surface area contributed by atoms with E-state index in [0.29, 0.717) is 12.1 Å². The van der Waals surface area contributed by atoms with Gasteiger partial charge in [0.25, 0.3) is 5.91 Å². The summed E-state index contributed by atoms with van der Waals surface area (Å²) in [6.07, 6.45) is 0.751. The highest BCUT2D eigenvalue weighted by atomic mass is 16.5. The molecule has 1 aliphatic heterocycles. The molecule has 0 bridgehead atoms. The summed E-state index contributed by atoms with van der Waals surface area (Å²) in [4.78, 5) is 12.0. The van der Waals surface area contributed by atoms with E-state index in [1.54, 1.807) is 19.2 Å². The van der Waals surface area contributed by atoms with Crippen molar-refractivity contribution in [2.24, 2.45) is 0 Å². The van der Waals surface area contributed by atoms with Gasteiger partial charge in [0.05, 0.1) is 13.7 Å². The van der Waals surface area contributed by atoms with Crippen molar-refractivity contribution in [2.75, 3.05) is 13.7 Å². The largest absolute Gasteiger partial charge is 0.497 e. The maximum atomic E-state index is 12.0. The first-order valence-corrected chi connectivity index (χ1v) is 6.93. The van der Waals surface area contributed by atoms with Crippen molar-refractivity contribution in [1.82, 2.24) is 5.32 Å². The van der Waals surface area contributed by atoms with E-state index >= 15 is 0 Å². The third-order valence-corrected chi connectivity index (χ3v) is 3.54. The van der Waals surface area contributed by atoms with Gasteiger partial charge in [0.15, 0.2) is 0 Å². The number of hydrogen-bond acceptors (Lipinski definition) is 3. The molecule has 0 saturated carbocycles. The molecule has 108 valence electrons. The van der Waals surface area contributed by atoms with Crippen LogP contribution in [0, 0.1) is 0 Å². The van der Waals surface area contributed by atoms with Crippen LogP contribution in [-0.4, -0.2) is 25.7 Å². The lowest BCUT2D eigenvalue weighted by atomic mass is 10.1. The number of ether oxygens (including phenoxy) is 2. The van der Waals surface area contributed by atoms with Crippen LogP contribution in [0.3, 0.4) is 0 Å². The van der Waals surface area contributed by atoms with Gasteiger partial charge in [-0.2, -0.15) is 0 Å². The molecular formula is C17H17NO3. The molecule has 1 unspecified atom stereocenters. The van der Waals surface area contributed by atoms with Crippen molar-refractivity contribution in [2.45, 2.75) is 12.5 Å². The quantitative estimate of drug-likeness (QED) is 0.937. The molecule has 0 aromatic heterocycles. The van der Waals surface area contributed by atoms with Crippen LogP contribution < -0.4 is 14.8 Å². The van der Waals surface area contributed by atoms with E-state index < -0.39 is 0 Å². The van der Waals surface area contributed by atoms with Gasteiger partial charge in [0.1, 0.15) is 17.6 Å². The third-order valence-electron chi connectivity index (χ3n) is 3.54. The highest BCUT2D eigenvalue weighted by Crippen LogP contribution is 2.31. The van der Waals surface area contributed by atoms with Gasteiger partial charge in [-0.25, -0.2) is 0 Å². The molecule has 0 radical (unpaired) electrons. The van der Waals surface area contributed by atoms with Gasteiger partial charge in [-0.05, 0) is 30.3 Å². The second-order valence-corrected chi connectivity index (χ2v) is 4.99. The van der Waals surface area contributed by atoms with E-state index in [1.807, 2.05) is 36.4 Å². The molecule has 1 atom stereocenters. The molecule has 1 heterocycles. The van der Waals surface area contributed by atoms with Crippen LogP contribution in [0.25, 0.3) is 0 Å². The third kappa shape index (κ3) is 2.99. The molecule has 0 aliphatic carbocycles. The first kappa shape index (κ1) is 13.5. The van der Waals surface area contributed by atoms with Crippen LogP contribution in [0.2, 0.25) is 0 Å². The molecule has 1 aliphatic rings. The number of methoxy groups -OCH3 is 1. The van der Waals surface area contributed by atoms with Crippen LogP contribution in [0.1, 0.15) is 15.9 Å². The molecule has 2 aromatic carbocycles. The summed E-state index contributed by atoms with van der Waals surface area (Å²) in [5, 5.41) is 2.91. The number of benzene rings is 2. The monoisotopic (exact) mass is 283 g/mol. The summed E-state index contributed by atoms with van der Waals surface area (Å²) in [7, 11) is 1.65. The van der Waals surface area contributed by atoms with Crippen molar-refractivity contribution >= 4 is 5.91 Å². The van der Waals surface area contributed by atoms with Crippen molar-refractivity contribution < 1.29 is 14.3 Å². The maximum absolute atomic E-state index is 12.0. The summed E-state index contributed by atoms with van der Waals surface area (Å²) in [5.41, 5.74) is 1.78. The van der Waals surface area contributed by atoms with Gasteiger partial charge in [-0.1, -0.05) is 18.2 Å². The van der Waals surface area contributed by atoms with E-state index in [2.05, 4.69) is 5.32 Å². The van der Waals surface area contributed by atoms with E-state index in [1.165, 1.54) is 0 Å². The molecule has 2 aromatic rings. The number of nitrogens with one attached hydrogen (secondary N) is 1. The Kier molecular flexibility index (Phi) is 3.77. The smallest absolute Gasteiger partial charge is 0.251 e. The van der Waals surface area contributed by atoms with E-state index in [0.717, 1.165) is 23.5 Å². The number of amides is 1. The minimum Gasteiger partial charge on any atom is -0.497 e. The predicted octanol–water partition coefficient (Wildman–Crippen LogP) is 2.43. The predicted molar refractivity (Wildman–Crippen MR) is 79.9 cm³/mol. The highest BCUT2D eigenvalue weighted by Gasteiger charge is 2.23. The Morgan fingerprint density at radius 3 is 2.86 bits per heavy atom. The van der Waals surface area contributed by atoms with E-state index in [9.17, 15) is 4.79 Å². The van der Waals surface area contributed by atoms with Crippen LogP contribution in [0.4, 0.5) is 0 Å². The molecular weight excluding hydrogens is 266 g/mol. The zero-order chi connectivity index (χ0) is 14.7. The number of rotatable bonds is 4. The van der Waals surface area contributed by atoms with Crippen LogP contribution >= 0.6 is 0 Å². The molecule has 0 saturated heterocycles. The summed E-state index contributed by atoms with van der Waals surface area (Å²) in [6.45, 7) is 0.491. The van der Waals surface area contributed by atoms with Gasteiger partial charge >= 0.3 is 0 Å². The highest BCUT2D eigenvalue weighted by molar-refractivity contribution is 5.94. The Morgan fingerprint density at radius 1 is 1.29 bits per heavy atom. The Balaban J connectivity index is 1.57. The maximum Gasteiger partial charge on any atom is 0.251 e. The van der Waals surface area contributed by atoms with Gasteiger partial charge in [-0.3, -0.25) is 4.79 Å². The number of carbonyl (C=O) groups is 1. The van der Waals surface area contributed by atoms with Gasteiger partial charge in [0.2, 0.25) is 0 Å². The lowest BCUT2D eigenvalue weighted by Gasteiger charge is -2.11. The van der Waals surface area contributed by atoms with E-state index in [4.69, 9.17) is 9.47 Å². The van der Waals surface area contributed by atoms with Crippen molar-refractivity contribution in [3.8, 4) is 11.5 Å². The Morgan fingerprint density at radius 2 is 2.10 bits per heavy atom. The molecule has 21 heavy (non-hydrogen) atoms. The Hall–Kier alpha value is -2.49. The molecule has 4 nitrogen and oxygen atoms in total. The lowest BCUT2D eigenvalue weighted by Crippen LogP contribution is -2.34. The molecule has 1 N–H and O–H groups in total. The fourth-order valence-electron chi connectivity index (χ4n) is 2.44. The second-order valence-electron chi connectivity index (χ2n) is 4.99. The van der Waals surface area contributed by atoms with Crippen molar-refractivity contribution in [3.63, 3.8) is 0 Å². The number of carbonyl (C=O) groups excluding carboxylic acids is 1. The topological polar surface area (TPSA) is 47.6 Å². The van der Waals surface area contributed by atoms with E-state index in [-0.39, 0.29) is 12.0 Å². The zero-order valence-electron chi connectivity index (χ0n) is 11.8. The Labute approximate surface area is 123 Å². The molecule has 0 fully saturated rings. The van der Waals surface area contributed by atoms with Crippen molar-refractivity contribution in [3.05, 3.63) is 59.7 Å². The minimum atomic E-state index is -0.0762. The first-order chi connectivity index (χ1) is 10.3. The van der Waals surface area contributed by atoms with Crippen LogP contribution in [-0.2, 0) is 6.42 Å².